The number of rotatable bonds is 3. The molecule has 5 heteroatoms. The van der Waals surface area contributed by atoms with Crippen molar-refractivity contribution in [1.29, 1.82) is 0 Å². The normalized spacial score (nSPS) is 15.4. The maximum atomic E-state index is 11.5. The fourth-order valence-corrected chi connectivity index (χ4v) is 2.33. The Bertz CT molecular complexity index is 459. The first-order valence-corrected chi connectivity index (χ1v) is 6.72. The van der Waals surface area contributed by atoms with Crippen LogP contribution in [0.2, 0.25) is 0 Å². The Morgan fingerprint density at radius 3 is 2.68 bits per heavy atom. The van der Waals surface area contributed by atoms with Crippen LogP contribution in [0.4, 0.5) is 0 Å². The molecule has 1 aromatic carbocycles. The van der Waals surface area contributed by atoms with Gasteiger partial charge in [-0.25, -0.2) is 4.79 Å². The third-order valence-electron chi connectivity index (χ3n) is 3.00. The van der Waals surface area contributed by atoms with E-state index in [4.69, 9.17) is 4.74 Å². The Morgan fingerprint density at radius 1 is 1.37 bits per heavy atom. The zero-order valence-electron chi connectivity index (χ0n) is 10.8. The molecule has 0 amide bonds. The van der Waals surface area contributed by atoms with E-state index >= 15 is 0 Å². The summed E-state index contributed by atoms with van der Waals surface area (Å²) < 4.78 is 5.85. The van der Waals surface area contributed by atoms with Crippen molar-refractivity contribution in [2.75, 3.05) is 20.2 Å². The molecule has 3 nitrogen and oxygen atoms in total. The molecular weight excluding hydrogens is 330 g/mol. The Hall–Kier alpha value is -0.840. The van der Waals surface area contributed by atoms with E-state index in [2.05, 4.69) is 33.0 Å². The Morgan fingerprint density at radius 2 is 2.05 bits per heavy atom. The zero-order valence-corrected chi connectivity index (χ0v) is 13.2. The molecule has 0 bridgehead atoms. The first-order valence-electron chi connectivity index (χ1n) is 5.93. The molecule has 0 spiro atoms. The number of nitrogens with zero attached hydrogens (tertiary/aromatic N) is 1. The lowest BCUT2D eigenvalue weighted by molar-refractivity contribution is -0.136. The maximum absolute atomic E-state index is 11.5. The third-order valence-corrected chi connectivity index (χ3v) is 3.53. The van der Waals surface area contributed by atoms with Crippen LogP contribution in [-0.2, 0) is 16.1 Å². The summed E-state index contributed by atoms with van der Waals surface area (Å²) in [6, 6.07) is 8.27. The number of benzene rings is 1. The van der Waals surface area contributed by atoms with Crippen LogP contribution < -0.4 is 0 Å². The Balaban J connectivity index is 0.00000180. The summed E-state index contributed by atoms with van der Waals surface area (Å²) in [5, 5.41) is 0. The smallest absolute Gasteiger partial charge is 0.334 e. The number of carbonyl (C=O) groups is 1. The van der Waals surface area contributed by atoms with Crippen molar-refractivity contribution in [1.82, 2.24) is 4.90 Å². The molecule has 1 aromatic rings. The van der Waals surface area contributed by atoms with Crippen molar-refractivity contribution < 1.29 is 9.53 Å². The fourth-order valence-electron chi connectivity index (χ4n) is 2.07. The lowest BCUT2D eigenvalue weighted by Gasteiger charge is -2.26. The van der Waals surface area contributed by atoms with Crippen LogP contribution in [0.3, 0.4) is 0 Å². The van der Waals surface area contributed by atoms with Crippen molar-refractivity contribution in [3.05, 3.63) is 46.0 Å². The van der Waals surface area contributed by atoms with Crippen molar-refractivity contribution >= 4 is 34.3 Å². The first-order chi connectivity index (χ1) is 8.69. The molecule has 0 aliphatic carbocycles. The molecular formula is C14H17BrClNO2. The van der Waals surface area contributed by atoms with Gasteiger partial charge in [0, 0.05) is 29.7 Å². The number of ether oxygens (including phenoxy) is 1. The maximum Gasteiger partial charge on any atom is 0.334 e. The van der Waals surface area contributed by atoms with Gasteiger partial charge in [-0.3, -0.25) is 4.90 Å². The van der Waals surface area contributed by atoms with Crippen molar-refractivity contribution in [3.8, 4) is 0 Å². The number of hydrogen-bond acceptors (Lipinski definition) is 3. The summed E-state index contributed by atoms with van der Waals surface area (Å²) in [7, 11) is 1.43. The summed E-state index contributed by atoms with van der Waals surface area (Å²) in [5.74, 6) is -0.212. The lowest BCUT2D eigenvalue weighted by atomic mass is 10.1. The average Bonchev–Trinajstić information content (AvgIpc) is 2.41. The molecule has 1 heterocycles. The monoisotopic (exact) mass is 345 g/mol. The van der Waals surface area contributed by atoms with Gasteiger partial charge in [-0.05, 0) is 24.1 Å². The summed E-state index contributed by atoms with van der Waals surface area (Å²) in [6.45, 7) is 2.51. The van der Waals surface area contributed by atoms with Crippen molar-refractivity contribution in [3.63, 3.8) is 0 Å². The highest BCUT2D eigenvalue weighted by Crippen LogP contribution is 2.16. The molecule has 104 valence electrons. The van der Waals surface area contributed by atoms with Crippen LogP contribution in [0.15, 0.2) is 40.4 Å². The van der Waals surface area contributed by atoms with Gasteiger partial charge in [-0.2, -0.15) is 0 Å². The number of carbonyl (C=O) groups excluding carboxylic acids is 1. The summed E-state index contributed by atoms with van der Waals surface area (Å²) in [4.78, 5) is 13.7. The van der Waals surface area contributed by atoms with E-state index in [1.807, 2.05) is 18.2 Å². The quantitative estimate of drug-likeness (QED) is 0.787. The standard InChI is InChI=1S/C14H16BrNO2.ClH/c1-18-14(17)12-3-2-8-16(10-12)9-11-4-6-13(15)7-5-11;/h3-7H,2,8-10H2,1H3;1H. The van der Waals surface area contributed by atoms with Crippen LogP contribution in [0.1, 0.15) is 12.0 Å². The highest BCUT2D eigenvalue weighted by atomic mass is 79.9. The van der Waals surface area contributed by atoms with E-state index in [1.54, 1.807) is 0 Å². The molecule has 1 aliphatic heterocycles. The van der Waals surface area contributed by atoms with E-state index in [9.17, 15) is 4.79 Å². The van der Waals surface area contributed by atoms with E-state index in [-0.39, 0.29) is 18.4 Å². The molecule has 0 unspecified atom stereocenters. The predicted octanol–water partition coefficient (Wildman–Crippen LogP) is 3.18. The van der Waals surface area contributed by atoms with Crippen LogP contribution in [0.25, 0.3) is 0 Å². The van der Waals surface area contributed by atoms with E-state index in [1.165, 1.54) is 12.7 Å². The van der Waals surface area contributed by atoms with Gasteiger partial charge >= 0.3 is 5.97 Å². The van der Waals surface area contributed by atoms with E-state index < -0.39 is 0 Å². The molecule has 0 saturated heterocycles. The van der Waals surface area contributed by atoms with Gasteiger partial charge in [0.05, 0.1) is 7.11 Å². The molecule has 0 atom stereocenters. The molecule has 0 aromatic heterocycles. The molecule has 0 saturated carbocycles. The second-order valence-corrected chi connectivity index (χ2v) is 5.26. The zero-order chi connectivity index (χ0) is 13.0. The van der Waals surface area contributed by atoms with Gasteiger partial charge in [0.15, 0.2) is 0 Å². The SMILES string of the molecule is COC(=O)C1=CCCN(Cc2ccc(Br)cc2)C1.Cl. The largest absolute Gasteiger partial charge is 0.466 e. The highest BCUT2D eigenvalue weighted by molar-refractivity contribution is 9.10. The van der Waals surface area contributed by atoms with Crippen molar-refractivity contribution in [2.24, 2.45) is 0 Å². The van der Waals surface area contributed by atoms with Crippen LogP contribution >= 0.6 is 28.3 Å². The number of esters is 1. The Labute approximate surface area is 128 Å². The molecule has 19 heavy (non-hydrogen) atoms. The second kappa shape index (κ2) is 7.68. The van der Waals surface area contributed by atoms with Gasteiger partial charge in [0.1, 0.15) is 0 Å². The molecule has 1 aliphatic rings. The summed E-state index contributed by atoms with van der Waals surface area (Å²) in [5.41, 5.74) is 2.02. The number of methoxy groups -OCH3 is 1. The van der Waals surface area contributed by atoms with Crippen LogP contribution in [-0.4, -0.2) is 31.1 Å². The molecule has 2 rings (SSSR count). The summed E-state index contributed by atoms with van der Waals surface area (Å²) in [6.07, 6.45) is 2.88. The number of hydrogen-bond donors (Lipinski definition) is 0. The molecule has 0 fully saturated rings. The van der Waals surface area contributed by atoms with Gasteiger partial charge in [-0.1, -0.05) is 34.1 Å². The predicted molar refractivity (Wildman–Crippen MR) is 81.4 cm³/mol. The van der Waals surface area contributed by atoms with E-state index in [0.29, 0.717) is 6.54 Å². The van der Waals surface area contributed by atoms with Crippen molar-refractivity contribution in [2.45, 2.75) is 13.0 Å². The first kappa shape index (κ1) is 16.2. The average molecular weight is 347 g/mol. The van der Waals surface area contributed by atoms with Gasteiger partial charge in [0.25, 0.3) is 0 Å². The Kier molecular flexibility index (Phi) is 6.55. The van der Waals surface area contributed by atoms with Crippen LogP contribution in [0.5, 0.6) is 0 Å². The highest BCUT2D eigenvalue weighted by Gasteiger charge is 2.18. The van der Waals surface area contributed by atoms with Gasteiger partial charge in [-0.15, -0.1) is 12.4 Å². The summed E-state index contributed by atoms with van der Waals surface area (Å²) >= 11 is 3.42. The second-order valence-electron chi connectivity index (χ2n) is 4.35. The fraction of sp³-hybridized carbons (Fsp3) is 0.357. The van der Waals surface area contributed by atoms with Gasteiger partial charge in [0.2, 0.25) is 0 Å². The lowest BCUT2D eigenvalue weighted by Crippen LogP contribution is -2.32. The molecule has 0 radical (unpaired) electrons. The van der Waals surface area contributed by atoms with Crippen LogP contribution in [0, 0.1) is 0 Å². The topological polar surface area (TPSA) is 29.5 Å². The van der Waals surface area contributed by atoms with Gasteiger partial charge < -0.3 is 4.74 Å². The number of halogens is 2. The molecule has 0 N–H and O–H groups in total. The minimum absolute atomic E-state index is 0. The minimum Gasteiger partial charge on any atom is -0.466 e. The third kappa shape index (κ3) is 4.64. The minimum atomic E-state index is -0.212. The van der Waals surface area contributed by atoms with E-state index in [0.717, 1.165) is 29.6 Å².